The molecule has 1 aliphatic carbocycles. The molecule has 2 aliphatic rings. The third-order valence-corrected chi connectivity index (χ3v) is 5.28. The molecule has 1 unspecified atom stereocenters. The van der Waals surface area contributed by atoms with Gasteiger partial charge in [-0.05, 0) is 31.0 Å². The second kappa shape index (κ2) is 6.66. The van der Waals surface area contributed by atoms with Gasteiger partial charge in [-0.25, -0.2) is 4.39 Å². The van der Waals surface area contributed by atoms with Gasteiger partial charge < -0.3 is 9.47 Å². The van der Waals surface area contributed by atoms with E-state index in [4.69, 9.17) is 9.47 Å². The Balaban J connectivity index is 1.70. The SMILES string of the molecule is Fc1ccc(OC2CCOC3(CCCCC3)C2)c(CBr)c1. The number of hydrogen-bond donors (Lipinski definition) is 0. The molecule has 1 aromatic rings. The molecule has 116 valence electrons. The second-order valence-electron chi connectivity index (χ2n) is 6.21. The van der Waals surface area contributed by atoms with Gasteiger partial charge in [-0.2, -0.15) is 0 Å². The molecule has 1 saturated carbocycles. The van der Waals surface area contributed by atoms with E-state index in [-0.39, 0.29) is 17.5 Å². The van der Waals surface area contributed by atoms with Crippen LogP contribution in [0.3, 0.4) is 0 Å². The summed E-state index contributed by atoms with van der Waals surface area (Å²) in [6.07, 6.45) is 8.21. The average Bonchev–Trinajstić information content (AvgIpc) is 2.50. The first-order valence-corrected chi connectivity index (χ1v) is 8.98. The van der Waals surface area contributed by atoms with Crippen molar-refractivity contribution in [2.75, 3.05) is 6.61 Å². The molecule has 4 heteroatoms. The molecule has 2 nitrogen and oxygen atoms in total. The van der Waals surface area contributed by atoms with E-state index in [1.807, 2.05) is 0 Å². The van der Waals surface area contributed by atoms with Gasteiger partial charge in [0.15, 0.2) is 0 Å². The van der Waals surface area contributed by atoms with Gasteiger partial charge in [0.25, 0.3) is 0 Å². The van der Waals surface area contributed by atoms with Crippen LogP contribution in [0.4, 0.5) is 4.39 Å². The quantitative estimate of drug-likeness (QED) is 0.711. The highest BCUT2D eigenvalue weighted by atomic mass is 79.9. The summed E-state index contributed by atoms with van der Waals surface area (Å²) in [7, 11) is 0. The van der Waals surface area contributed by atoms with Crippen LogP contribution in [0.5, 0.6) is 5.75 Å². The van der Waals surface area contributed by atoms with Gasteiger partial charge in [0.2, 0.25) is 0 Å². The maximum Gasteiger partial charge on any atom is 0.123 e. The van der Waals surface area contributed by atoms with Crippen molar-refractivity contribution in [1.82, 2.24) is 0 Å². The first kappa shape index (κ1) is 15.3. The average molecular weight is 357 g/mol. The highest BCUT2D eigenvalue weighted by Crippen LogP contribution is 2.40. The Morgan fingerprint density at radius 1 is 1.29 bits per heavy atom. The lowest BCUT2D eigenvalue weighted by molar-refractivity contribution is -0.129. The van der Waals surface area contributed by atoms with Crippen LogP contribution < -0.4 is 4.74 Å². The maximum atomic E-state index is 13.3. The van der Waals surface area contributed by atoms with Gasteiger partial charge in [0.05, 0.1) is 12.2 Å². The molecule has 2 fully saturated rings. The van der Waals surface area contributed by atoms with Crippen LogP contribution in [0.15, 0.2) is 18.2 Å². The monoisotopic (exact) mass is 356 g/mol. The zero-order valence-corrected chi connectivity index (χ0v) is 13.8. The van der Waals surface area contributed by atoms with Crippen molar-refractivity contribution in [2.45, 2.75) is 62.0 Å². The molecule has 3 rings (SSSR count). The van der Waals surface area contributed by atoms with Crippen LogP contribution in [-0.4, -0.2) is 18.3 Å². The zero-order chi connectivity index (χ0) is 14.7. The Kier molecular flexibility index (Phi) is 4.85. The van der Waals surface area contributed by atoms with E-state index < -0.39 is 0 Å². The predicted molar refractivity (Wildman–Crippen MR) is 84.4 cm³/mol. The van der Waals surface area contributed by atoms with Gasteiger partial charge in [0.1, 0.15) is 17.7 Å². The van der Waals surface area contributed by atoms with Gasteiger partial charge in [-0.1, -0.05) is 35.2 Å². The highest BCUT2D eigenvalue weighted by Gasteiger charge is 2.39. The Bertz CT molecular complexity index is 480. The van der Waals surface area contributed by atoms with Crippen LogP contribution in [0, 0.1) is 5.82 Å². The number of ether oxygens (including phenoxy) is 2. The molecule has 21 heavy (non-hydrogen) atoms. The normalized spacial score (nSPS) is 25.0. The summed E-state index contributed by atoms with van der Waals surface area (Å²) in [6, 6.07) is 4.76. The summed E-state index contributed by atoms with van der Waals surface area (Å²) in [5.74, 6) is 0.582. The summed E-state index contributed by atoms with van der Waals surface area (Å²) >= 11 is 3.41. The van der Waals surface area contributed by atoms with E-state index in [9.17, 15) is 4.39 Å². The van der Waals surface area contributed by atoms with E-state index in [0.717, 1.165) is 43.6 Å². The van der Waals surface area contributed by atoms with Crippen molar-refractivity contribution in [3.8, 4) is 5.75 Å². The van der Waals surface area contributed by atoms with Crippen molar-refractivity contribution >= 4 is 15.9 Å². The molecule has 0 N–H and O–H groups in total. The molecule has 1 aliphatic heterocycles. The van der Waals surface area contributed by atoms with Gasteiger partial charge in [0, 0.05) is 23.7 Å². The van der Waals surface area contributed by atoms with Gasteiger partial charge in [-0.3, -0.25) is 0 Å². The molecule has 1 saturated heterocycles. The molecule has 0 bridgehead atoms. The molecule has 0 amide bonds. The molecule has 0 radical (unpaired) electrons. The standard InChI is InChI=1S/C17H22BrFO2/c18-12-13-10-14(19)4-5-16(13)21-15-6-9-20-17(11-15)7-2-1-3-8-17/h4-5,10,15H,1-3,6-9,11-12H2. The number of halogens is 2. The molecular formula is C17H22BrFO2. The third-order valence-electron chi connectivity index (χ3n) is 4.67. The van der Waals surface area contributed by atoms with E-state index in [1.54, 1.807) is 12.1 Å². The van der Waals surface area contributed by atoms with Crippen molar-refractivity contribution < 1.29 is 13.9 Å². The number of hydrogen-bond acceptors (Lipinski definition) is 2. The minimum Gasteiger partial charge on any atom is -0.490 e. The first-order chi connectivity index (χ1) is 10.2. The lowest BCUT2D eigenvalue weighted by Crippen LogP contribution is -2.45. The summed E-state index contributed by atoms with van der Waals surface area (Å²) in [6.45, 7) is 0.773. The number of alkyl halides is 1. The van der Waals surface area contributed by atoms with Crippen LogP contribution >= 0.6 is 15.9 Å². The topological polar surface area (TPSA) is 18.5 Å². The third kappa shape index (κ3) is 3.59. The van der Waals surface area contributed by atoms with Crippen LogP contribution in [0.1, 0.15) is 50.5 Å². The minimum atomic E-state index is -0.215. The fourth-order valence-electron chi connectivity index (χ4n) is 3.57. The van der Waals surface area contributed by atoms with Gasteiger partial charge in [-0.15, -0.1) is 0 Å². The largest absolute Gasteiger partial charge is 0.490 e. The predicted octanol–water partition coefficient (Wildman–Crippen LogP) is 4.98. The van der Waals surface area contributed by atoms with E-state index in [0.29, 0.717) is 5.33 Å². The van der Waals surface area contributed by atoms with E-state index in [1.165, 1.54) is 25.3 Å². The molecule has 1 heterocycles. The maximum absolute atomic E-state index is 13.3. The second-order valence-corrected chi connectivity index (χ2v) is 6.77. The molecule has 1 spiro atoms. The van der Waals surface area contributed by atoms with E-state index in [2.05, 4.69) is 15.9 Å². The summed E-state index contributed by atoms with van der Waals surface area (Å²) in [4.78, 5) is 0. The molecule has 1 aromatic carbocycles. The fraction of sp³-hybridized carbons (Fsp3) is 0.647. The van der Waals surface area contributed by atoms with Crippen molar-refractivity contribution in [2.24, 2.45) is 0 Å². The number of benzene rings is 1. The molecular weight excluding hydrogens is 335 g/mol. The molecule has 0 aromatic heterocycles. The lowest BCUT2D eigenvalue weighted by atomic mass is 9.79. The molecule has 1 atom stereocenters. The van der Waals surface area contributed by atoms with Crippen molar-refractivity contribution in [3.05, 3.63) is 29.6 Å². The van der Waals surface area contributed by atoms with Crippen molar-refractivity contribution in [3.63, 3.8) is 0 Å². The summed E-state index contributed by atoms with van der Waals surface area (Å²) in [5.41, 5.74) is 0.912. The Morgan fingerprint density at radius 3 is 2.86 bits per heavy atom. The van der Waals surface area contributed by atoms with Gasteiger partial charge >= 0.3 is 0 Å². The highest BCUT2D eigenvalue weighted by molar-refractivity contribution is 9.08. The van der Waals surface area contributed by atoms with Crippen LogP contribution in [0.25, 0.3) is 0 Å². The van der Waals surface area contributed by atoms with E-state index >= 15 is 0 Å². The summed E-state index contributed by atoms with van der Waals surface area (Å²) < 4.78 is 25.6. The number of rotatable bonds is 3. The Morgan fingerprint density at radius 2 is 2.10 bits per heavy atom. The first-order valence-electron chi connectivity index (χ1n) is 7.86. The smallest absolute Gasteiger partial charge is 0.123 e. The Hall–Kier alpha value is -0.610. The Labute approximate surface area is 134 Å². The lowest BCUT2D eigenvalue weighted by Gasteiger charge is -2.43. The summed E-state index contributed by atoms with van der Waals surface area (Å²) in [5, 5.41) is 0.606. The zero-order valence-electron chi connectivity index (χ0n) is 12.2. The minimum absolute atomic E-state index is 0.0375. The fourth-order valence-corrected chi connectivity index (χ4v) is 4.01. The van der Waals surface area contributed by atoms with Crippen LogP contribution in [-0.2, 0) is 10.1 Å². The van der Waals surface area contributed by atoms with Crippen LogP contribution in [0.2, 0.25) is 0 Å². The van der Waals surface area contributed by atoms with Crippen molar-refractivity contribution in [1.29, 1.82) is 0 Å².